The molecular formula is C26H24ClN3O3S. The second-order valence-electron chi connectivity index (χ2n) is 8.34. The lowest BCUT2D eigenvalue weighted by atomic mass is 9.78. The standard InChI is InChI=1S/C26H24ClN3O3S/c1-3-32-20-11-7-10-19-22-21(24(31)28-17-14-12-16(27)13-15-17)26(2,33-23(19)20)30(25(34)29-22)18-8-5-4-6-9-18/h4-15,21-22H,3H2,1-2H3,(H,28,31)(H,29,34)/t21-,22+,26+/m0/s1. The molecule has 0 aromatic heterocycles. The Labute approximate surface area is 208 Å². The summed E-state index contributed by atoms with van der Waals surface area (Å²) in [5.41, 5.74) is 1.18. The van der Waals surface area contributed by atoms with Gasteiger partial charge in [-0.3, -0.25) is 9.69 Å². The number of hydrogen-bond acceptors (Lipinski definition) is 4. The molecule has 3 aromatic rings. The Bertz CT molecular complexity index is 1240. The predicted molar refractivity (Wildman–Crippen MR) is 138 cm³/mol. The lowest BCUT2D eigenvalue weighted by molar-refractivity contribution is -0.130. The zero-order valence-corrected chi connectivity index (χ0v) is 20.3. The first-order valence-electron chi connectivity index (χ1n) is 11.1. The van der Waals surface area contributed by atoms with E-state index in [1.54, 1.807) is 24.3 Å². The van der Waals surface area contributed by atoms with Crippen LogP contribution in [0.1, 0.15) is 25.5 Å². The Morgan fingerprint density at radius 2 is 1.88 bits per heavy atom. The van der Waals surface area contributed by atoms with Crippen molar-refractivity contribution in [3.63, 3.8) is 0 Å². The van der Waals surface area contributed by atoms with Crippen molar-refractivity contribution in [2.24, 2.45) is 5.92 Å². The molecule has 0 spiro atoms. The Hall–Kier alpha value is -3.29. The summed E-state index contributed by atoms with van der Waals surface area (Å²) in [5.74, 6) is 0.413. The molecule has 3 atom stereocenters. The van der Waals surface area contributed by atoms with Crippen LogP contribution in [0.3, 0.4) is 0 Å². The van der Waals surface area contributed by atoms with Crippen LogP contribution < -0.4 is 25.0 Å². The number of ether oxygens (including phenoxy) is 2. The number of carbonyl (C=O) groups is 1. The van der Waals surface area contributed by atoms with Gasteiger partial charge >= 0.3 is 0 Å². The molecule has 0 radical (unpaired) electrons. The largest absolute Gasteiger partial charge is 0.490 e. The molecule has 0 aliphatic carbocycles. The third-order valence-corrected chi connectivity index (χ3v) is 6.75. The minimum Gasteiger partial charge on any atom is -0.490 e. The van der Waals surface area contributed by atoms with E-state index in [2.05, 4.69) is 10.6 Å². The lowest BCUT2D eigenvalue weighted by Gasteiger charge is -2.56. The van der Waals surface area contributed by atoms with Crippen LogP contribution in [0.4, 0.5) is 11.4 Å². The quantitative estimate of drug-likeness (QED) is 0.455. The second kappa shape index (κ2) is 8.81. The molecule has 3 aromatic carbocycles. The summed E-state index contributed by atoms with van der Waals surface area (Å²) in [4.78, 5) is 15.7. The Morgan fingerprint density at radius 3 is 2.59 bits per heavy atom. The Morgan fingerprint density at radius 1 is 1.15 bits per heavy atom. The second-order valence-corrected chi connectivity index (χ2v) is 9.16. The molecule has 1 fully saturated rings. The van der Waals surface area contributed by atoms with Gasteiger partial charge in [0, 0.05) is 22.0 Å². The van der Waals surface area contributed by atoms with E-state index < -0.39 is 17.7 Å². The average Bonchev–Trinajstić information content (AvgIpc) is 2.81. The Kier molecular flexibility index (Phi) is 5.83. The van der Waals surface area contributed by atoms with E-state index in [1.165, 1.54) is 0 Å². The molecule has 174 valence electrons. The van der Waals surface area contributed by atoms with E-state index in [1.807, 2.05) is 67.3 Å². The third-order valence-electron chi connectivity index (χ3n) is 6.20. The maximum Gasteiger partial charge on any atom is 0.236 e. The van der Waals surface area contributed by atoms with Crippen molar-refractivity contribution in [3.8, 4) is 11.5 Å². The van der Waals surface area contributed by atoms with Gasteiger partial charge in [-0.1, -0.05) is 41.9 Å². The zero-order chi connectivity index (χ0) is 23.9. The van der Waals surface area contributed by atoms with Crippen molar-refractivity contribution in [3.05, 3.63) is 83.4 Å². The van der Waals surface area contributed by atoms with E-state index in [0.717, 1.165) is 11.3 Å². The molecule has 1 amide bonds. The number of benzene rings is 3. The maximum atomic E-state index is 13.8. The first kappa shape index (κ1) is 22.5. The highest BCUT2D eigenvalue weighted by Gasteiger charge is 2.59. The molecule has 2 aliphatic rings. The van der Waals surface area contributed by atoms with Crippen molar-refractivity contribution in [1.82, 2.24) is 5.32 Å². The summed E-state index contributed by atoms with van der Waals surface area (Å²) in [6.45, 7) is 4.32. The number of nitrogens with zero attached hydrogens (tertiary/aromatic N) is 1. The SMILES string of the molecule is CCOc1cccc2c1O[C@]1(C)[C@H](C(=O)Nc3ccc(Cl)cc3)[C@@H]2NC(=S)N1c1ccccc1. The van der Waals surface area contributed by atoms with Crippen LogP contribution in [-0.2, 0) is 4.79 Å². The average molecular weight is 494 g/mol. The van der Waals surface area contributed by atoms with Gasteiger partial charge in [0.2, 0.25) is 5.91 Å². The number of halogens is 1. The normalized spacial score (nSPS) is 22.8. The maximum absolute atomic E-state index is 13.8. The predicted octanol–water partition coefficient (Wildman–Crippen LogP) is 5.54. The number of carbonyl (C=O) groups excluding carboxylic acids is 1. The Balaban J connectivity index is 1.63. The molecule has 5 rings (SSSR count). The van der Waals surface area contributed by atoms with Crippen molar-refractivity contribution in [2.75, 3.05) is 16.8 Å². The summed E-state index contributed by atoms with van der Waals surface area (Å²) in [6.07, 6.45) is 0. The molecule has 6 nitrogen and oxygen atoms in total. The van der Waals surface area contributed by atoms with Gasteiger partial charge in [-0.05, 0) is 68.5 Å². The van der Waals surface area contributed by atoms with Crippen LogP contribution in [0.25, 0.3) is 0 Å². The first-order chi connectivity index (χ1) is 16.4. The molecule has 2 N–H and O–H groups in total. The number of nitrogens with one attached hydrogen (secondary N) is 2. The summed E-state index contributed by atoms with van der Waals surface area (Å²) >= 11 is 11.8. The summed E-state index contributed by atoms with van der Waals surface area (Å²) in [7, 11) is 0. The third kappa shape index (κ3) is 3.75. The fourth-order valence-electron chi connectivity index (χ4n) is 4.76. The van der Waals surface area contributed by atoms with Gasteiger partial charge in [-0.2, -0.15) is 0 Å². The summed E-state index contributed by atoms with van der Waals surface area (Å²) in [5, 5.41) is 7.53. The molecule has 2 aliphatic heterocycles. The topological polar surface area (TPSA) is 62.8 Å². The molecule has 2 heterocycles. The fraction of sp³-hybridized carbons (Fsp3) is 0.231. The van der Waals surface area contributed by atoms with E-state index in [4.69, 9.17) is 33.3 Å². The van der Waals surface area contributed by atoms with Crippen molar-refractivity contribution >= 4 is 46.2 Å². The summed E-state index contributed by atoms with van der Waals surface area (Å²) in [6, 6.07) is 22.0. The van der Waals surface area contributed by atoms with Gasteiger partial charge in [0.15, 0.2) is 22.3 Å². The van der Waals surface area contributed by atoms with Crippen LogP contribution in [0.2, 0.25) is 5.02 Å². The van der Waals surface area contributed by atoms with E-state index in [0.29, 0.717) is 33.9 Å². The van der Waals surface area contributed by atoms with Gasteiger partial charge in [-0.15, -0.1) is 0 Å². The number of anilines is 2. The monoisotopic (exact) mass is 493 g/mol. The van der Waals surface area contributed by atoms with Gasteiger partial charge in [0.25, 0.3) is 0 Å². The lowest BCUT2D eigenvalue weighted by Crippen LogP contribution is -2.72. The molecular weight excluding hydrogens is 470 g/mol. The highest BCUT2D eigenvalue weighted by Crippen LogP contribution is 2.52. The van der Waals surface area contributed by atoms with Crippen molar-refractivity contribution in [2.45, 2.75) is 25.6 Å². The van der Waals surface area contributed by atoms with Crippen molar-refractivity contribution in [1.29, 1.82) is 0 Å². The van der Waals surface area contributed by atoms with Gasteiger partial charge in [0.1, 0.15) is 5.92 Å². The number of rotatable bonds is 5. The van der Waals surface area contributed by atoms with Crippen LogP contribution in [0.15, 0.2) is 72.8 Å². The fourth-order valence-corrected chi connectivity index (χ4v) is 5.30. The van der Waals surface area contributed by atoms with E-state index in [9.17, 15) is 4.79 Å². The molecule has 2 bridgehead atoms. The van der Waals surface area contributed by atoms with Crippen LogP contribution in [0, 0.1) is 5.92 Å². The van der Waals surface area contributed by atoms with Gasteiger partial charge < -0.3 is 20.1 Å². The van der Waals surface area contributed by atoms with Crippen LogP contribution >= 0.6 is 23.8 Å². The molecule has 8 heteroatoms. The van der Waals surface area contributed by atoms with Crippen LogP contribution in [0.5, 0.6) is 11.5 Å². The smallest absolute Gasteiger partial charge is 0.236 e. The van der Waals surface area contributed by atoms with E-state index in [-0.39, 0.29) is 5.91 Å². The minimum atomic E-state index is -1.12. The number of fused-ring (bicyclic) bond motifs is 4. The number of thiocarbonyl (C=S) groups is 1. The van der Waals surface area contributed by atoms with Crippen molar-refractivity contribution < 1.29 is 14.3 Å². The van der Waals surface area contributed by atoms with E-state index >= 15 is 0 Å². The highest BCUT2D eigenvalue weighted by atomic mass is 35.5. The zero-order valence-electron chi connectivity index (χ0n) is 18.7. The van der Waals surface area contributed by atoms with Gasteiger partial charge in [0.05, 0.1) is 12.6 Å². The molecule has 0 saturated carbocycles. The van der Waals surface area contributed by atoms with Crippen LogP contribution in [-0.4, -0.2) is 23.4 Å². The summed E-state index contributed by atoms with van der Waals surface area (Å²) < 4.78 is 12.6. The molecule has 1 saturated heterocycles. The molecule has 34 heavy (non-hydrogen) atoms. The minimum absolute atomic E-state index is 0.196. The van der Waals surface area contributed by atoms with Gasteiger partial charge in [-0.25, -0.2) is 0 Å². The molecule has 0 unspecified atom stereocenters. The number of hydrogen-bond donors (Lipinski definition) is 2. The number of amides is 1. The highest BCUT2D eigenvalue weighted by molar-refractivity contribution is 7.80. The first-order valence-corrected chi connectivity index (χ1v) is 11.9. The number of para-hydroxylation sites is 2.